The molecule has 1 heterocycles. The van der Waals surface area contributed by atoms with E-state index in [4.69, 9.17) is 0 Å². The third-order valence-electron chi connectivity index (χ3n) is 4.47. The monoisotopic (exact) mass is 360 g/mol. The Balaban J connectivity index is 3.07. The minimum Gasteiger partial charge on any atom is -0.334 e. The van der Waals surface area contributed by atoms with Gasteiger partial charge >= 0.3 is 0 Å². The van der Waals surface area contributed by atoms with E-state index < -0.39 is 27.5 Å². The van der Waals surface area contributed by atoms with Gasteiger partial charge in [0.05, 0.1) is 12.3 Å². The first-order valence-corrected chi connectivity index (χ1v) is 10.4. The van der Waals surface area contributed by atoms with Crippen LogP contribution in [0.5, 0.6) is 0 Å². The highest BCUT2D eigenvalue weighted by molar-refractivity contribution is 7.88. The molecule has 0 bridgehead atoms. The van der Waals surface area contributed by atoms with Gasteiger partial charge in [-0.2, -0.15) is 4.31 Å². The quantitative estimate of drug-likeness (QED) is 0.725. The molecule has 0 unspecified atom stereocenters. The number of ketones is 1. The molecule has 1 amide bonds. The van der Waals surface area contributed by atoms with Crippen LogP contribution >= 0.6 is 0 Å². The van der Waals surface area contributed by atoms with Crippen molar-refractivity contribution in [1.29, 1.82) is 0 Å². The molecular weight excluding hydrogens is 328 g/mol. The van der Waals surface area contributed by atoms with E-state index in [1.165, 1.54) is 9.21 Å². The number of carbonyl (C=O) groups is 2. The number of carbonyl (C=O) groups excluding carboxylic acids is 2. The van der Waals surface area contributed by atoms with Gasteiger partial charge in [0.1, 0.15) is 6.04 Å². The highest BCUT2D eigenvalue weighted by atomic mass is 32.2. The first-order valence-electron chi connectivity index (χ1n) is 8.54. The topological polar surface area (TPSA) is 74.8 Å². The summed E-state index contributed by atoms with van der Waals surface area (Å²) in [6.07, 6.45) is 2.88. The molecule has 0 saturated carbocycles. The molecule has 0 aromatic rings. The van der Waals surface area contributed by atoms with Crippen LogP contribution in [0.3, 0.4) is 0 Å². The van der Waals surface area contributed by atoms with Crippen molar-refractivity contribution in [3.63, 3.8) is 0 Å². The van der Waals surface area contributed by atoms with Crippen LogP contribution < -0.4 is 0 Å². The molecule has 2 atom stereocenters. The Hall–Kier alpha value is -0.950. The number of likely N-dealkylation sites (N-methyl/N-ethyl adjacent to an activating group) is 1. The number of sulfonamides is 1. The third kappa shape index (κ3) is 5.02. The zero-order valence-electron chi connectivity index (χ0n) is 16.0. The summed E-state index contributed by atoms with van der Waals surface area (Å²) < 4.78 is 25.1. The van der Waals surface area contributed by atoms with E-state index in [9.17, 15) is 18.0 Å². The normalized spacial score (nSPS) is 21.1. The summed E-state index contributed by atoms with van der Waals surface area (Å²) in [5, 5.41) is 0. The molecule has 24 heavy (non-hydrogen) atoms. The Kier molecular flexibility index (Phi) is 6.61. The second-order valence-corrected chi connectivity index (χ2v) is 10.2. The molecule has 6 nitrogen and oxygen atoms in total. The molecule has 1 rings (SSSR count). The molecule has 0 aliphatic carbocycles. The molecule has 0 aromatic carbocycles. The van der Waals surface area contributed by atoms with Crippen molar-refractivity contribution in [3.05, 3.63) is 0 Å². The fourth-order valence-corrected chi connectivity index (χ4v) is 4.28. The van der Waals surface area contributed by atoms with Gasteiger partial charge in [-0.25, -0.2) is 8.42 Å². The molecular formula is C17H32N2O4S. The van der Waals surface area contributed by atoms with E-state index >= 15 is 0 Å². The predicted molar refractivity (Wildman–Crippen MR) is 95.0 cm³/mol. The van der Waals surface area contributed by atoms with Gasteiger partial charge in [0.15, 0.2) is 5.78 Å². The maximum atomic E-state index is 12.9. The lowest BCUT2D eigenvalue weighted by molar-refractivity contribution is -0.144. The molecule has 7 heteroatoms. The molecule has 1 aliphatic rings. The van der Waals surface area contributed by atoms with Gasteiger partial charge in [0.25, 0.3) is 0 Å². The number of nitrogens with zero attached hydrogens (tertiary/aromatic N) is 2. The Morgan fingerprint density at radius 1 is 1.25 bits per heavy atom. The van der Waals surface area contributed by atoms with Crippen molar-refractivity contribution >= 4 is 21.7 Å². The summed E-state index contributed by atoms with van der Waals surface area (Å²) in [6.45, 7) is 9.93. The summed E-state index contributed by atoms with van der Waals surface area (Å²) in [4.78, 5) is 27.2. The second kappa shape index (κ2) is 7.52. The molecule has 0 N–H and O–H groups in total. The Bertz CT molecular complexity index is 578. The Morgan fingerprint density at radius 3 is 2.21 bits per heavy atom. The smallest absolute Gasteiger partial charge is 0.241 e. The number of rotatable bonds is 6. The van der Waals surface area contributed by atoms with Gasteiger partial charge in [-0.1, -0.05) is 34.6 Å². The summed E-state index contributed by atoms with van der Waals surface area (Å²) in [5.41, 5.74) is -0.555. The minimum absolute atomic E-state index is 0.0101. The first kappa shape index (κ1) is 21.1. The Labute approximate surface area is 146 Å². The number of Topliss-reactive ketones (excluding diaryl/α,β-unsaturated/α-hetero) is 1. The van der Waals surface area contributed by atoms with Crippen LogP contribution in [-0.2, 0) is 19.6 Å². The minimum atomic E-state index is -3.43. The molecule has 1 saturated heterocycles. The number of hydrogen-bond acceptors (Lipinski definition) is 4. The van der Waals surface area contributed by atoms with Crippen LogP contribution in [0.1, 0.15) is 53.9 Å². The zero-order valence-corrected chi connectivity index (χ0v) is 16.8. The summed E-state index contributed by atoms with van der Waals surface area (Å²) in [7, 11) is -1.80. The lowest BCUT2D eigenvalue weighted by Crippen LogP contribution is -2.53. The molecule has 0 aromatic heterocycles. The van der Waals surface area contributed by atoms with Crippen molar-refractivity contribution in [3.8, 4) is 0 Å². The maximum absolute atomic E-state index is 12.9. The molecule has 140 valence electrons. The highest BCUT2D eigenvalue weighted by Crippen LogP contribution is 2.27. The van der Waals surface area contributed by atoms with Crippen LogP contribution in [0.15, 0.2) is 0 Å². The van der Waals surface area contributed by atoms with Crippen LogP contribution in [0, 0.1) is 11.3 Å². The van der Waals surface area contributed by atoms with Crippen molar-refractivity contribution in [2.45, 2.75) is 66.0 Å². The highest BCUT2D eigenvalue weighted by Gasteiger charge is 2.42. The number of hydrogen-bond donors (Lipinski definition) is 0. The lowest BCUT2D eigenvalue weighted by Gasteiger charge is -2.35. The predicted octanol–water partition coefficient (Wildman–Crippen LogP) is 1.90. The van der Waals surface area contributed by atoms with E-state index in [-0.39, 0.29) is 17.6 Å². The van der Waals surface area contributed by atoms with E-state index in [1.807, 2.05) is 34.6 Å². The fourth-order valence-electron chi connectivity index (χ4n) is 3.16. The maximum Gasteiger partial charge on any atom is 0.241 e. The van der Waals surface area contributed by atoms with Crippen LogP contribution in [0.4, 0.5) is 0 Å². The Morgan fingerprint density at radius 2 is 1.79 bits per heavy atom. The van der Waals surface area contributed by atoms with E-state index in [2.05, 4.69) is 0 Å². The van der Waals surface area contributed by atoms with E-state index in [0.29, 0.717) is 25.8 Å². The van der Waals surface area contributed by atoms with Gasteiger partial charge in [-0.05, 0) is 25.2 Å². The summed E-state index contributed by atoms with van der Waals surface area (Å²) in [5.74, 6) is -0.0109. The third-order valence-corrected chi connectivity index (χ3v) is 5.76. The van der Waals surface area contributed by atoms with Gasteiger partial charge in [-0.3, -0.25) is 9.59 Å². The molecule has 1 fully saturated rings. The summed E-state index contributed by atoms with van der Waals surface area (Å²) >= 11 is 0. The van der Waals surface area contributed by atoms with Crippen LogP contribution in [-0.4, -0.2) is 61.2 Å². The molecule has 0 radical (unpaired) electrons. The van der Waals surface area contributed by atoms with Gasteiger partial charge < -0.3 is 4.90 Å². The lowest BCUT2D eigenvalue weighted by atomic mass is 9.83. The van der Waals surface area contributed by atoms with Crippen LogP contribution in [0.25, 0.3) is 0 Å². The number of amides is 1. The fraction of sp³-hybridized carbons (Fsp3) is 0.882. The average molecular weight is 361 g/mol. The molecule has 0 spiro atoms. The second-order valence-electron chi connectivity index (χ2n) is 8.24. The van der Waals surface area contributed by atoms with Crippen LogP contribution in [0.2, 0.25) is 0 Å². The van der Waals surface area contributed by atoms with E-state index in [1.54, 1.807) is 7.05 Å². The van der Waals surface area contributed by atoms with Gasteiger partial charge in [0.2, 0.25) is 15.9 Å². The van der Waals surface area contributed by atoms with Gasteiger partial charge in [-0.15, -0.1) is 0 Å². The van der Waals surface area contributed by atoms with Gasteiger partial charge in [0, 0.05) is 19.0 Å². The van der Waals surface area contributed by atoms with Crippen molar-refractivity contribution in [2.75, 3.05) is 19.8 Å². The SMILES string of the molecule is CC(C)C[C@H](C(=O)C(C)(C)C)N(C)C(=O)[C@@H]1CCCN1S(C)(=O)=O. The van der Waals surface area contributed by atoms with Crippen molar-refractivity contribution in [1.82, 2.24) is 9.21 Å². The van der Waals surface area contributed by atoms with Crippen molar-refractivity contribution < 1.29 is 18.0 Å². The zero-order chi connectivity index (χ0) is 18.9. The molecule has 1 aliphatic heterocycles. The average Bonchev–Trinajstić information content (AvgIpc) is 2.90. The van der Waals surface area contributed by atoms with Crippen molar-refractivity contribution in [2.24, 2.45) is 11.3 Å². The summed E-state index contributed by atoms with van der Waals surface area (Å²) in [6, 6.07) is -1.22. The standard InChI is InChI=1S/C17H32N2O4S/c1-12(2)11-14(15(20)17(3,4)5)18(6)16(21)13-9-8-10-19(13)24(7,22)23/h12-14H,8-11H2,1-7H3/t13-,14+/m0/s1. The first-order chi connectivity index (χ1) is 10.8. The largest absolute Gasteiger partial charge is 0.334 e. The van der Waals surface area contributed by atoms with E-state index in [0.717, 1.165) is 6.26 Å².